The second-order valence-electron chi connectivity index (χ2n) is 4.73. The van der Waals surface area contributed by atoms with Gasteiger partial charge in [0.1, 0.15) is 11.5 Å². The largest absolute Gasteiger partial charge is 0.377 e. The van der Waals surface area contributed by atoms with Crippen LogP contribution in [0.5, 0.6) is 0 Å². The molecule has 1 atom stereocenters. The molecule has 1 amide bonds. The third kappa shape index (κ3) is 2.90. The first-order valence-electron chi connectivity index (χ1n) is 6.66. The quantitative estimate of drug-likeness (QED) is 0.845. The monoisotopic (exact) mass is 287 g/mol. The minimum absolute atomic E-state index is 0.194. The number of carbonyl (C=O) groups is 1. The SMILES string of the molecule is O=C(c1cnccn1)N1CCOCC1c1ccc(F)cc1. The standard InChI is InChI=1S/C15H14FN3O2/c16-12-3-1-11(2-4-12)14-10-21-8-7-19(14)15(20)13-9-17-5-6-18-13/h1-6,9,14H,7-8,10H2. The molecule has 0 aliphatic carbocycles. The Morgan fingerprint density at radius 1 is 1.29 bits per heavy atom. The molecule has 5 nitrogen and oxygen atoms in total. The van der Waals surface area contributed by atoms with Crippen LogP contribution in [0.4, 0.5) is 4.39 Å². The predicted octanol–water partition coefficient (Wildman–Crippen LogP) is 1.83. The van der Waals surface area contributed by atoms with Crippen LogP contribution in [-0.2, 0) is 4.74 Å². The third-order valence-electron chi connectivity index (χ3n) is 3.43. The summed E-state index contributed by atoms with van der Waals surface area (Å²) in [5.74, 6) is -0.497. The van der Waals surface area contributed by atoms with E-state index >= 15 is 0 Å². The summed E-state index contributed by atoms with van der Waals surface area (Å²) in [6.45, 7) is 1.33. The van der Waals surface area contributed by atoms with Gasteiger partial charge in [0.2, 0.25) is 0 Å². The van der Waals surface area contributed by atoms with Gasteiger partial charge in [-0.05, 0) is 17.7 Å². The molecule has 0 saturated carbocycles. The maximum Gasteiger partial charge on any atom is 0.274 e. The van der Waals surface area contributed by atoms with Crippen molar-refractivity contribution < 1.29 is 13.9 Å². The molecule has 0 spiro atoms. The Hall–Kier alpha value is -2.34. The molecule has 0 N–H and O–H groups in total. The molecule has 1 saturated heterocycles. The summed E-state index contributed by atoms with van der Waals surface area (Å²) in [7, 11) is 0. The second-order valence-corrected chi connectivity index (χ2v) is 4.73. The molecule has 1 unspecified atom stereocenters. The Bertz CT molecular complexity index is 619. The van der Waals surface area contributed by atoms with Gasteiger partial charge in [-0.15, -0.1) is 0 Å². The molecule has 6 heteroatoms. The van der Waals surface area contributed by atoms with Gasteiger partial charge in [0.25, 0.3) is 5.91 Å². The van der Waals surface area contributed by atoms with Crippen molar-refractivity contribution in [3.05, 3.63) is 59.9 Å². The molecule has 2 heterocycles. The molecule has 0 radical (unpaired) electrons. The summed E-state index contributed by atoms with van der Waals surface area (Å²) in [6.07, 6.45) is 4.45. The van der Waals surface area contributed by atoms with E-state index in [4.69, 9.17) is 4.74 Å². The van der Waals surface area contributed by atoms with E-state index in [0.717, 1.165) is 5.56 Å². The number of halogens is 1. The van der Waals surface area contributed by atoms with E-state index in [-0.39, 0.29) is 17.8 Å². The van der Waals surface area contributed by atoms with Crippen molar-refractivity contribution in [2.24, 2.45) is 0 Å². The number of rotatable bonds is 2. The van der Waals surface area contributed by atoms with E-state index in [9.17, 15) is 9.18 Å². The van der Waals surface area contributed by atoms with E-state index in [2.05, 4.69) is 9.97 Å². The Kier molecular flexibility index (Phi) is 3.87. The molecule has 1 aromatic carbocycles. The van der Waals surface area contributed by atoms with Crippen LogP contribution in [0.3, 0.4) is 0 Å². The minimum atomic E-state index is -0.303. The van der Waals surface area contributed by atoms with Crippen molar-refractivity contribution in [3.8, 4) is 0 Å². The van der Waals surface area contributed by atoms with Crippen molar-refractivity contribution in [3.63, 3.8) is 0 Å². The van der Waals surface area contributed by atoms with Gasteiger partial charge < -0.3 is 9.64 Å². The van der Waals surface area contributed by atoms with E-state index in [1.54, 1.807) is 17.0 Å². The van der Waals surface area contributed by atoms with Crippen LogP contribution >= 0.6 is 0 Å². The van der Waals surface area contributed by atoms with E-state index in [1.807, 2.05) is 0 Å². The number of hydrogen-bond acceptors (Lipinski definition) is 4. The lowest BCUT2D eigenvalue weighted by Gasteiger charge is -2.35. The van der Waals surface area contributed by atoms with Gasteiger partial charge in [-0.25, -0.2) is 9.37 Å². The fraction of sp³-hybridized carbons (Fsp3) is 0.267. The number of morpholine rings is 1. The number of nitrogens with zero attached hydrogens (tertiary/aromatic N) is 3. The van der Waals surface area contributed by atoms with Crippen molar-refractivity contribution in [1.29, 1.82) is 0 Å². The van der Waals surface area contributed by atoms with Gasteiger partial charge in [-0.1, -0.05) is 12.1 Å². The normalized spacial score (nSPS) is 18.5. The second kappa shape index (κ2) is 5.97. The summed E-state index contributed by atoms with van der Waals surface area (Å²) in [5.41, 5.74) is 1.14. The molecular formula is C15H14FN3O2. The molecular weight excluding hydrogens is 273 g/mol. The van der Waals surface area contributed by atoms with Crippen LogP contribution in [0.2, 0.25) is 0 Å². The van der Waals surface area contributed by atoms with E-state index < -0.39 is 0 Å². The molecule has 1 aliphatic heterocycles. The van der Waals surface area contributed by atoms with Gasteiger partial charge in [0.15, 0.2) is 0 Å². The average Bonchev–Trinajstić information content (AvgIpc) is 2.56. The fourth-order valence-electron chi connectivity index (χ4n) is 2.36. The Morgan fingerprint density at radius 2 is 2.10 bits per heavy atom. The number of ether oxygens (including phenoxy) is 1. The van der Waals surface area contributed by atoms with E-state index in [1.165, 1.54) is 30.7 Å². The highest BCUT2D eigenvalue weighted by atomic mass is 19.1. The Balaban J connectivity index is 1.88. The summed E-state index contributed by atoms with van der Waals surface area (Å²) >= 11 is 0. The van der Waals surface area contributed by atoms with Crippen LogP contribution in [0, 0.1) is 5.82 Å². The van der Waals surface area contributed by atoms with Crippen LogP contribution < -0.4 is 0 Å². The molecule has 3 rings (SSSR count). The lowest BCUT2D eigenvalue weighted by Crippen LogP contribution is -2.43. The zero-order valence-corrected chi connectivity index (χ0v) is 11.3. The van der Waals surface area contributed by atoms with E-state index in [0.29, 0.717) is 25.5 Å². The number of aromatic nitrogens is 2. The first kappa shape index (κ1) is 13.6. The van der Waals surface area contributed by atoms with Gasteiger partial charge in [-0.3, -0.25) is 9.78 Å². The molecule has 1 aliphatic rings. The predicted molar refractivity (Wildman–Crippen MR) is 73.0 cm³/mol. The summed E-state index contributed by atoms with van der Waals surface area (Å²) in [5, 5.41) is 0. The van der Waals surface area contributed by atoms with Crippen molar-refractivity contribution >= 4 is 5.91 Å². The van der Waals surface area contributed by atoms with Gasteiger partial charge >= 0.3 is 0 Å². The van der Waals surface area contributed by atoms with Crippen LogP contribution in [-0.4, -0.2) is 40.5 Å². The third-order valence-corrected chi connectivity index (χ3v) is 3.43. The van der Waals surface area contributed by atoms with Crippen molar-refractivity contribution in [1.82, 2.24) is 14.9 Å². The van der Waals surface area contributed by atoms with Gasteiger partial charge in [0.05, 0.1) is 25.5 Å². The smallest absolute Gasteiger partial charge is 0.274 e. The lowest BCUT2D eigenvalue weighted by atomic mass is 10.0. The van der Waals surface area contributed by atoms with Crippen LogP contribution in [0.15, 0.2) is 42.9 Å². The maximum atomic E-state index is 13.0. The van der Waals surface area contributed by atoms with Gasteiger partial charge in [-0.2, -0.15) is 0 Å². The molecule has 1 aromatic heterocycles. The molecule has 1 fully saturated rings. The summed E-state index contributed by atoms with van der Waals surface area (Å²) < 4.78 is 18.5. The van der Waals surface area contributed by atoms with Crippen LogP contribution in [0.1, 0.15) is 22.1 Å². The minimum Gasteiger partial charge on any atom is -0.377 e. The van der Waals surface area contributed by atoms with Crippen molar-refractivity contribution in [2.75, 3.05) is 19.8 Å². The topological polar surface area (TPSA) is 55.3 Å². The number of carbonyl (C=O) groups excluding carboxylic acids is 1. The molecule has 2 aromatic rings. The Morgan fingerprint density at radius 3 is 2.81 bits per heavy atom. The first-order valence-corrected chi connectivity index (χ1v) is 6.66. The number of benzene rings is 1. The first-order chi connectivity index (χ1) is 10.3. The van der Waals surface area contributed by atoms with Gasteiger partial charge in [0, 0.05) is 18.9 Å². The van der Waals surface area contributed by atoms with Crippen LogP contribution in [0.25, 0.3) is 0 Å². The fourth-order valence-corrected chi connectivity index (χ4v) is 2.36. The highest BCUT2D eigenvalue weighted by Gasteiger charge is 2.30. The lowest BCUT2D eigenvalue weighted by molar-refractivity contribution is -0.00304. The number of hydrogen-bond donors (Lipinski definition) is 0. The zero-order valence-electron chi connectivity index (χ0n) is 11.3. The molecule has 108 valence electrons. The van der Waals surface area contributed by atoms with Crippen molar-refractivity contribution in [2.45, 2.75) is 6.04 Å². The maximum absolute atomic E-state index is 13.0. The highest BCUT2D eigenvalue weighted by molar-refractivity contribution is 5.92. The zero-order chi connectivity index (χ0) is 14.7. The average molecular weight is 287 g/mol. The number of amides is 1. The highest BCUT2D eigenvalue weighted by Crippen LogP contribution is 2.25. The Labute approximate surface area is 121 Å². The molecule has 0 bridgehead atoms. The molecule has 21 heavy (non-hydrogen) atoms. The summed E-state index contributed by atoms with van der Waals surface area (Å²) in [4.78, 5) is 22.2. The summed E-state index contributed by atoms with van der Waals surface area (Å²) in [6, 6.07) is 5.87.